The van der Waals surface area contributed by atoms with Crippen LogP contribution in [0.4, 0.5) is 0 Å². The molecule has 0 aliphatic carbocycles. The highest BCUT2D eigenvalue weighted by molar-refractivity contribution is 7.80. The summed E-state index contributed by atoms with van der Waals surface area (Å²) in [5, 5.41) is 12.6. The summed E-state index contributed by atoms with van der Waals surface area (Å²) in [6.45, 7) is 2.77. The van der Waals surface area contributed by atoms with E-state index in [0.717, 1.165) is 12.1 Å². The minimum atomic E-state index is 0.531. The molecule has 0 aromatic heterocycles. The lowest BCUT2D eigenvalue weighted by molar-refractivity contribution is 0.904. The Hall–Kier alpha value is -2.46. The number of fused-ring (bicyclic) bond motifs is 2. The summed E-state index contributed by atoms with van der Waals surface area (Å²) in [4.78, 5) is 0. The average Bonchev–Trinajstić information content (AvgIpc) is 2.54. The van der Waals surface area contributed by atoms with Gasteiger partial charge in [-0.15, -0.1) is 0 Å². The Labute approximate surface area is 135 Å². The minimum absolute atomic E-state index is 0.531. The summed E-state index contributed by atoms with van der Waals surface area (Å²) in [6, 6.07) is 18.9. The van der Waals surface area contributed by atoms with E-state index in [-0.39, 0.29) is 0 Å². The molecule has 110 valence electrons. The fourth-order valence-electron chi connectivity index (χ4n) is 2.54. The molecule has 2 N–H and O–H groups in total. The second-order valence-electron chi connectivity index (χ2n) is 4.96. The largest absolute Gasteiger partial charge is 0.362 e. The minimum Gasteiger partial charge on any atom is -0.362 e. The van der Waals surface area contributed by atoms with E-state index in [1.165, 1.54) is 21.5 Å². The fraction of sp³-hybridized carbons (Fsp3) is 0.111. The van der Waals surface area contributed by atoms with Crippen LogP contribution in [0.25, 0.3) is 21.5 Å². The molecule has 3 aromatic carbocycles. The van der Waals surface area contributed by atoms with Crippen LogP contribution >= 0.6 is 12.2 Å². The SMILES string of the molecule is CCNC(=S)NN=Cc1c2ccccc2cc2ccccc12. The monoisotopic (exact) mass is 307 g/mol. The Bertz CT molecular complexity index is 801. The van der Waals surface area contributed by atoms with Gasteiger partial charge in [0.2, 0.25) is 0 Å². The maximum Gasteiger partial charge on any atom is 0.186 e. The number of hydrogen-bond acceptors (Lipinski definition) is 2. The molecule has 3 nitrogen and oxygen atoms in total. The number of hydrogen-bond donors (Lipinski definition) is 2. The Balaban J connectivity index is 2.08. The molecule has 0 atom stereocenters. The number of nitrogens with one attached hydrogen (secondary N) is 2. The average molecular weight is 307 g/mol. The molecule has 0 bridgehead atoms. The first kappa shape index (κ1) is 14.5. The number of thiocarbonyl (C=S) groups is 1. The van der Waals surface area contributed by atoms with Crippen LogP contribution in [0.5, 0.6) is 0 Å². The quantitative estimate of drug-likeness (QED) is 0.334. The summed E-state index contributed by atoms with van der Waals surface area (Å²) in [6.07, 6.45) is 1.84. The predicted octanol–water partition coefficient (Wildman–Crippen LogP) is 3.81. The first-order chi connectivity index (χ1) is 10.8. The third kappa shape index (κ3) is 2.92. The first-order valence-electron chi connectivity index (χ1n) is 7.27. The Kier molecular flexibility index (Phi) is 4.30. The van der Waals surface area contributed by atoms with Gasteiger partial charge in [0.15, 0.2) is 5.11 Å². The molecule has 0 saturated heterocycles. The molecule has 3 aromatic rings. The lowest BCUT2D eigenvalue weighted by Gasteiger charge is -2.08. The normalized spacial score (nSPS) is 11.1. The molecule has 0 aliphatic rings. The van der Waals surface area contributed by atoms with Crippen LogP contribution in [-0.4, -0.2) is 17.9 Å². The zero-order valence-electron chi connectivity index (χ0n) is 12.3. The Morgan fingerprint density at radius 1 is 1.05 bits per heavy atom. The molecule has 22 heavy (non-hydrogen) atoms. The first-order valence-corrected chi connectivity index (χ1v) is 7.68. The van der Waals surface area contributed by atoms with E-state index in [0.29, 0.717) is 5.11 Å². The van der Waals surface area contributed by atoms with Gasteiger partial charge in [-0.05, 0) is 46.8 Å². The molecular weight excluding hydrogens is 290 g/mol. The summed E-state index contributed by atoms with van der Waals surface area (Å²) < 4.78 is 0. The van der Waals surface area contributed by atoms with E-state index >= 15 is 0 Å². The summed E-state index contributed by atoms with van der Waals surface area (Å²) in [5.41, 5.74) is 3.95. The van der Waals surface area contributed by atoms with Gasteiger partial charge in [-0.25, -0.2) is 0 Å². The highest BCUT2D eigenvalue weighted by Gasteiger charge is 2.05. The Morgan fingerprint density at radius 2 is 1.64 bits per heavy atom. The van der Waals surface area contributed by atoms with E-state index in [4.69, 9.17) is 12.2 Å². The van der Waals surface area contributed by atoms with Crippen LogP contribution in [0.15, 0.2) is 59.7 Å². The van der Waals surface area contributed by atoms with Crippen LogP contribution in [-0.2, 0) is 0 Å². The second-order valence-corrected chi connectivity index (χ2v) is 5.37. The second kappa shape index (κ2) is 6.54. The third-order valence-electron chi connectivity index (χ3n) is 3.51. The maximum absolute atomic E-state index is 5.12. The zero-order valence-corrected chi connectivity index (χ0v) is 13.2. The van der Waals surface area contributed by atoms with Gasteiger partial charge in [-0.1, -0.05) is 48.5 Å². The van der Waals surface area contributed by atoms with Gasteiger partial charge in [0.25, 0.3) is 0 Å². The van der Waals surface area contributed by atoms with E-state index in [2.05, 4.69) is 58.3 Å². The molecule has 0 radical (unpaired) electrons. The molecule has 4 heteroatoms. The molecule has 0 aliphatic heterocycles. The standard InChI is InChI=1S/C18H17N3S/c1-2-19-18(22)21-20-12-17-15-9-5-3-7-13(15)11-14-8-4-6-10-16(14)17/h3-12H,2H2,1H3,(H2,19,21,22). The lowest BCUT2D eigenvalue weighted by Crippen LogP contribution is -2.31. The van der Waals surface area contributed by atoms with E-state index in [1.54, 1.807) is 0 Å². The molecule has 3 rings (SSSR count). The maximum atomic E-state index is 5.12. The van der Waals surface area contributed by atoms with Crippen molar-refractivity contribution >= 4 is 45.1 Å². The van der Waals surface area contributed by atoms with Crippen molar-refractivity contribution in [1.29, 1.82) is 0 Å². The fourth-order valence-corrected chi connectivity index (χ4v) is 2.74. The van der Waals surface area contributed by atoms with Gasteiger partial charge < -0.3 is 5.32 Å². The van der Waals surface area contributed by atoms with Crippen molar-refractivity contribution in [2.75, 3.05) is 6.54 Å². The molecule has 0 fully saturated rings. The molecule has 0 amide bonds. The van der Waals surface area contributed by atoms with Gasteiger partial charge >= 0.3 is 0 Å². The van der Waals surface area contributed by atoms with Gasteiger partial charge in [-0.2, -0.15) is 5.10 Å². The predicted molar refractivity (Wildman–Crippen MR) is 98.5 cm³/mol. The summed E-state index contributed by atoms with van der Waals surface area (Å²) >= 11 is 5.12. The van der Waals surface area contributed by atoms with Crippen molar-refractivity contribution in [3.63, 3.8) is 0 Å². The topological polar surface area (TPSA) is 36.4 Å². The Morgan fingerprint density at radius 3 is 2.23 bits per heavy atom. The van der Waals surface area contributed by atoms with Crippen LogP contribution < -0.4 is 10.7 Å². The number of hydrazone groups is 1. The van der Waals surface area contributed by atoms with Crippen LogP contribution in [0.2, 0.25) is 0 Å². The van der Waals surface area contributed by atoms with E-state index in [9.17, 15) is 0 Å². The summed E-state index contributed by atoms with van der Waals surface area (Å²) in [5.74, 6) is 0. The van der Waals surface area contributed by atoms with E-state index < -0.39 is 0 Å². The lowest BCUT2D eigenvalue weighted by atomic mass is 9.97. The smallest absolute Gasteiger partial charge is 0.186 e. The van der Waals surface area contributed by atoms with Crippen LogP contribution in [0.3, 0.4) is 0 Å². The van der Waals surface area contributed by atoms with Crippen LogP contribution in [0, 0.1) is 0 Å². The van der Waals surface area contributed by atoms with Crippen LogP contribution in [0.1, 0.15) is 12.5 Å². The summed E-state index contributed by atoms with van der Waals surface area (Å²) in [7, 11) is 0. The molecular formula is C18H17N3S. The molecule has 0 spiro atoms. The number of benzene rings is 3. The van der Waals surface area contributed by atoms with Gasteiger partial charge in [0.1, 0.15) is 0 Å². The van der Waals surface area contributed by atoms with Crippen molar-refractivity contribution in [2.45, 2.75) is 6.92 Å². The van der Waals surface area contributed by atoms with Crippen molar-refractivity contribution in [2.24, 2.45) is 5.10 Å². The third-order valence-corrected chi connectivity index (χ3v) is 3.75. The number of nitrogens with zero attached hydrogens (tertiary/aromatic N) is 1. The van der Waals surface area contributed by atoms with E-state index in [1.807, 2.05) is 25.3 Å². The van der Waals surface area contributed by atoms with Crippen molar-refractivity contribution in [1.82, 2.24) is 10.7 Å². The van der Waals surface area contributed by atoms with Crippen molar-refractivity contribution < 1.29 is 0 Å². The zero-order chi connectivity index (χ0) is 15.4. The highest BCUT2D eigenvalue weighted by Crippen LogP contribution is 2.27. The molecule has 0 heterocycles. The molecule has 0 saturated carbocycles. The van der Waals surface area contributed by atoms with Gasteiger partial charge in [-0.3, -0.25) is 5.43 Å². The van der Waals surface area contributed by atoms with Crippen molar-refractivity contribution in [3.05, 3.63) is 60.2 Å². The van der Waals surface area contributed by atoms with Crippen molar-refractivity contribution in [3.8, 4) is 0 Å². The van der Waals surface area contributed by atoms with Gasteiger partial charge in [0, 0.05) is 12.1 Å². The molecule has 0 unspecified atom stereocenters. The number of rotatable bonds is 3. The van der Waals surface area contributed by atoms with Gasteiger partial charge in [0.05, 0.1) is 6.21 Å². The highest BCUT2D eigenvalue weighted by atomic mass is 32.1.